The quantitative estimate of drug-likeness (QED) is 0.558. The summed E-state index contributed by atoms with van der Waals surface area (Å²) in [4.78, 5) is 2.74. The number of fused-ring (bicyclic) bond motifs is 2. The Morgan fingerprint density at radius 1 is 1.27 bits per heavy atom. The molecule has 0 aromatic carbocycles. The van der Waals surface area contributed by atoms with E-state index in [4.69, 9.17) is 0 Å². The molecule has 64 valence electrons. The summed E-state index contributed by atoms with van der Waals surface area (Å²) in [5.74, 6) is 0.969. The first-order valence-corrected chi connectivity index (χ1v) is 4.97. The second kappa shape index (κ2) is 2.48. The summed E-state index contributed by atoms with van der Waals surface area (Å²) in [7, 11) is 0. The van der Waals surface area contributed by atoms with Crippen LogP contribution in [-0.4, -0.2) is 23.0 Å². The summed E-state index contributed by atoms with van der Waals surface area (Å²) in [6.07, 6.45) is 4.39. The highest BCUT2D eigenvalue weighted by Crippen LogP contribution is 2.42. The smallest absolute Gasteiger partial charge is 0.0128 e. The molecule has 2 saturated heterocycles. The van der Waals surface area contributed by atoms with E-state index in [1.807, 2.05) is 0 Å². The molecule has 2 aliphatic rings. The molecule has 3 atom stereocenters. The van der Waals surface area contributed by atoms with Gasteiger partial charge in [0.15, 0.2) is 0 Å². The molecule has 0 aromatic heterocycles. The lowest BCUT2D eigenvalue weighted by molar-refractivity contribution is 0.191. The Bertz CT molecular complexity index is 153. The van der Waals surface area contributed by atoms with E-state index in [1.54, 1.807) is 0 Å². The monoisotopic (exact) mass is 153 g/mol. The molecule has 2 aliphatic heterocycles. The molecule has 0 N–H and O–H groups in total. The summed E-state index contributed by atoms with van der Waals surface area (Å²) in [6.45, 7) is 7.09. The topological polar surface area (TPSA) is 3.24 Å². The number of hydrogen-bond donors (Lipinski definition) is 0. The zero-order chi connectivity index (χ0) is 8.01. The van der Waals surface area contributed by atoms with E-state index in [2.05, 4.69) is 25.7 Å². The van der Waals surface area contributed by atoms with E-state index in [1.165, 1.54) is 19.3 Å². The van der Waals surface area contributed by atoms with Crippen LogP contribution in [0.2, 0.25) is 0 Å². The fourth-order valence-electron chi connectivity index (χ4n) is 3.14. The van der Waals surface area contributed by atoms with E-state index < -0.39 is 0 Å². The Morgan fingerprint density at radius 2 is 2.00 bits per heavy atom. The van der Waals surface area contributed by atoms with E-state index in [9.17, 15) is 0 Å². The van der Waals surface area contributed by atoms with Gasteiger partial charge in [-0.05, 0) is 39.0 Å². The third-order valence-electron chi connectivity index (χ3n) is 3.50. The van der Waals surface area contributed by atoms with Crippen molar-refractivity contribution in [3.05, 3.63) is 0 Å². The summed E-state index contributed by atoms with van der Waals surface area (Å²) < 4.78 is 0. The molecule has 2 unspecified atom stereocenters. The predicted octanol–water partition coefficient (Wildman–Crippen LogP) is 2.27. The molecule has 0 aliphatic carbocycles. The van der Waals surface area contributed by atoms with Crippen LogP contribution in [0.5, 0.6) is 0 Å². The van der Waals surface area contributed by atoms with Crippen LogP contribution in [0.3, 0.4) is 0 Å². The molecule has 1 heteroatoms. The lowest BCUT2D eigenvalue weighted by Gasteiger charge is -2.26. The van der Waals surface area contributed by atoms with Crippen molar-refractivity contribution in [3.63, 3.8) is 0 Å². The van der Waals surface area contributed by atoms with E-state index in [-0.39, 0.29) is 0 Å². The zero-order valence-corrected chi connectivity index (χ0v) is 7.88. The Balaban J connectivity index is 2.13. The molecule has 0 spiro atoms. The van der Waals surface area contributed by atoms with Crippen molar-refractivity contribution in [1.29, 1.82) is 0 Å². The number of nitrogens with zero attached hydrogens (tertiary/aromatic N) is 1. The van der Waals surface area contributed by atoms with Crippen LogP contribution in [0, 0.1) is 5.92 Å². The predicted molar refractivity (Wildman–Crippen MR) is 47.6 cm³/mol. The van der Waals surface area contributed by atoms with Gasteiger partial charge in [-0.25, -0.2) is 0 Å². The van der Waals surface area contributed by atoms with Gasteiger partial charge >= 0.3 is 0 Å². The zero-order valence-electron chi connectivity index (χ0n) is 7.88. The maximum atomic E-state index is 2.74. The van der Waals surface area contributed by atoms with Gasteiger partial charge in [0.25, 0.3) is 0 Å². The van der Waals surface area contributed by atoms with Crippen LogP contribution in [-0.2, 0) is 0 Å². The lowest BCUT2D eigenvalue weighted by atomic mass is 9.91. The van der Waals surface area contributed by atoms with Crippen LogP contribution < -0.4 is 0 Å². The largest absolute Gasteiger partial charge is 0.295 e. The molecule has 0 radical (unpaired) electrons. The highest BCUT2D eigenvalue weighted by Gasteiger charge is 2.44. The van der Waals surface area contributed by atoms with Crippen molar-refractivity contribution in [2.45, 2.75) is 58.2 Å². The van der Waals surface area contributed by atoms with E-state index in [0.717, 1.165) is 24.0 Å². The van der Waals surface area contributed by atoms with Crippen molar-refractivity contribution in [3.8, 4) is 0 Å². The summed E-state index contributed by atoms with van der Waals surface area (Å²) in [6, 6.07) is 2.65. The molecule has 0 amide bonds. The van der Waals surface area contributed by atoms with Gasteiger partial charge in [0.1, 0.15) is 0 Å². The molecule has 0 saturated carbocycles. The van der Waals surface area contributed by atoms with Crippen molar-refractivity contribution >= 4 is 0 Å². The Hall–Kier alpha value is -0.0400. The van der Waals surface area contributed by atoms with Gasteiger partial charge in [0, 0.05) is 18.1 Å². The van der Waals surface area contributed by atoms with Gasteiger partial charge in [0.05, 0.1) is 0 Å². The molecule has 1 nitrogen and oxygen atoms in total. The Labute approximate surface area is 69.8 Å². The van der Waals surface area contributed by atoms with Gasteiger partial charge in [-0.2, -0.15) is 0 Å². The average molecular weight is 153 g/mol. The first kappa shape index (κ1) is 7.60. The van der Waals surface area contributed by atoms with Crippen molar-refractivity contribution in [2.24, 2.45) is 5.92 Å². The highest BCUT2D eigenvalue weighted by atomic mass is 15.3. The third kappa shape index (κ3) is 1.01. The van der Waals surface area contributed by atoms with E-state index in [0.29, 0.717) is 0 Å². The normalized spacial score (nSPS) is 44.2. The SMILES string of the molecule is CC(C)N1C2CCC1[C@@H](C)C2. The van der Waals surface area contributed by atoms with Gasteiger partial charge in [-0.1, -0.05) is 6.92 Å². The lowest BCUT2D eigenvalue weighted by Crippen LogP contribution is -2.35. The summed E-state index contributed by atoms with van der Waals surface area (Å²) in [5.41, 5.74) is 0. The summed E-state index contributed by atoms with van der Waals surface area (Å²) >= 11 is 0. The molecule has 2 rings (SSSR count). The van der Waals surface area contributed by atoms with E-state index >= 15 is 0 Å². The minimum atomic E-state index is 0.775. The molecule has 2 bridgehead atoms. The maximum absolute atomic E-state index is 2.74. The van der Waals surface area contributed by atoms with Crippen LogP contribution in [0.1, 0.15) is 40.0 Å². The molecular weight excluding hydrogens is 134 g/mol. The molecular formula is C10H19N. The number of rotatable bonds is 1. The minimum Gasteiger partial charge on any atom is -0.295 e. The van der Waals surface area contributed by atoms with Gasteiger partial charge in [-0.15, -0.1) is 0 Å². The average Bonchev–Trinajstić information content (AvgIpc) is 2.41. The summed E-state index contributed by atoms with van der Waals surface area (Å²) in [5, 5.41) is 0. The third-order valence-corrected chi connectivity index (χ3v) is 3.50. The molecule has 11 heavy (non-hydrogen) atoms. The standard InChI is InChI=1S/C10H19N/c1-7(2)11-9-4-5-10(11)8(3)6-9/h7-10H,4-6H2,1-3H3/t8-,9?,10?/m0/s1. The van der Waals surface area contributed by atoms with Crippen LogP contribution in [0.15, 0.2) is 0 Å². The Morgan fingerprint density at radius 3 is 2.27 bits per heavy atom. The first-order chi connectivity index (χ1) is 5.20. The van der Waals surface area contributed by atoms with Crippen LogP contribution in [0.4, 0.5) is 0 Å². The van der Waals surface area contributed by atoms with Crippen molar-refractivity contribution in [2.75, 3.05) is 0 Å². The van der Waals surface area contributed by atoms with Crippen molar-refractivity contribution < 1.29 is 0 Å². The molecule has 0 aromatic rings. The van der Waals surface area contributed by atoms with Crippen LogP contribution in [0.25, 0.3) is 0 Å². The fraction of sp³-hybridized carbons (Fsp3) is 1.00. The first-order valence-electron chi connectivity index (χ1n) is 4.97. The Kier molecular flexibility index (Phi) is 1.71. The van der Waals surface area contributed by atoms with Crippen molar-refractivity contribution in [1.82, 2.24) is 4.90 Å². The second-order valence-corrected chi connectivity index (χ2v) is 4.55. The molecule has 2 fully saturated rings. The maximum Gasteiger partial charge on any atom is 0.0128 e. The molecule has 2 heterocycles. The van der Waals surface area contributed by atoms with Crippen LogP contribution >= 0.6 is 0 Å². The number of hydrogen-bond acceptors (Lipinski definition) is 1. The second-order valence-electron chi connectivity index (χ2n) is 4.55. The van der Waals surface area contributed by atoms with Gasteiger partial charge in [0.2, 0.25) is 0 Å². The fourth-order valence-corrected chi connectivity index (χ4v) is 3.14. The minimum absolute atomic E-state index is 0.775. The van der Waals surface area contributed by atoms with Gasteiger partial charge in [-0.3, -0.25) is 4.90 Å². The van der Waals surface area contributed by atoms with Gasteiger partial charge < -0.3 is 0 Å². The highest BCUT2D eigenvalue weighted by molar-refractivity contribution is 4.99.